The van der Waals surface area contributed by atoms with E-state index in [1.54, 1.807) is 0 Å². The molecule has 22 heavy (non-hydrogen) atoms. The highest BCUT2D eigenvalue weighted by molar-refractivity contribution is 7.91. The summed E-state index contributed by atoms with van der Waals surface area (Å²) in [5.41, 5.74) is -1.35. The van der Waals surface area contributed by atoms with E-state index in [0.717, 1.165) is 17.0 Å². The first-order valence-corrected chi connectivity index (χ1v) is 8.76. The summed E-state index contributed by atoms with van der Waals surface area (Å²) in [6.07, 6.45) is -4.56. The molecule has 1 amide bonds. The number of nitrogens with zero attached hydrogens (tertiary/aromatic N) is 1. The predicted octanol–water partition coefficient (Wildman–Crippen LogP) is 2.46. The van der Waals surface area contributed by atoms with Crippen LogP contribution in [0.4, 0.5) is 18.9 Å². The van der Waals surface area contributed by atoms with Gasteiger partial charge in [-0.05, 0) is 18.6 Å². The molecular weight excluding hydrogens is 343 g/mol. The summed E-state index contributed by atoms with van der Waals surface area (Å²) in [5.74, 6) is -1.79. The molecule has 1 fully saturated rings. The van der Waals surface area contributed by atoms with Crippen molar-refractivity contribution in [1.82, 2.24) is 0 Å². The Hall–Kier alpha value is -1.28. The Morgan fingerprint density at radius 3 is 2.45 bits per heavy atom. The minimum atomic E-state index is -4.65. The van der Waals surface area contributed by atoms with Gasteiger partial charge in [-0.2, -0.15) is 13.2 Å². The minimum Gasteiger partial charge on any atom is -0.307 e. The van der Waals surface area contributed by atoms with Gasteiger partial charge in [0.05, 0.1) is 28.8 Å². The van der Waals surface area contributed by atoms with E-state index in [1.807, 2.05) is 0 Å². The molecule has 122 valence electrons. The van der Waals surface area contributed by atoms with Crippen LogP contribution in [0.3, 0.4) is 0 Å². The van der Waals surface area contributed by atoms with Crippen molar-refractivity contribution in [3.05, 3.63) is 29.8 Å². The lowest BCUT2D eigenvalue weighted by molar-refractivity contribution is -0.137. The zero-order chi connectivity index (χ0) is 16.5. The topological polar surface area (TPSA) is 54.5 Å². The van der Waals surface area contributed by atoms with Gasteiger partial charge in [-0.15, -0.1) is 11.6 Å². The quantitative estimate of drug-likeness (QED) is 0.783. The second kappa shape index (κ2) is 6.08. The molecule has 1 heterocycles. The lowest BCUT2D eigenvalue weighted by Crippen LogP contribution is -2.43. The molecule has 0 aromatic heterocycles. The van der Waals surface area contributed by atoms with Crippen molar-refractivity contribution in [3.63, 3.8) is 0 Å². The molecular formula is C13H13ClF3NO3S. The molecule has 1 saturated heterocycles. The van der Waals surface area contributed by atoms with Crippen LogP contribution >= 0.6 is 11.6 Å². The van der Waals surface area contributed by atoms with E-state index in [9.17, 15) is 26.4 Å². The Morgan fingerprint density at radius 2 is 1.95 bits per heavy atom. The second-order valence-electron chi connectivity index (χ2n) is 4.97. The third-order valence-electron chi connectivity index (χ3n) is 3.43. The van der Waals surface area contributed by atoms with Crippen molar-refractivity contribution < 1.29 is 26.4 Å². The molecule has 2 rings (SSSR count). The Balaban J connectivity index is 2.50. The maximum absolute atomic E-state index is 13.1. The van der Waals surface area contributed by atoms with Crippen LogP contribution in [0.1, 0.15) is 12.0 Å². The number of para-hydroxylation sites is 1. The lowest BCUT2D eigenvalue weighted by Gasteiger charge is -2.30. The van der Waals surface area contributed by atoms with Crippen LogP contribution in [0, 0.1) is 0 Å². The van der Waals surface area contributed by atoms with Gasteiger partial charge in [0, 0.05) is 0 Å². The van der Waals surface area contributed by atoms with Gasteiger partial charge in [-0.1, -0.05) is 12.1 Å². The normalized spacial score (nSPS) is 20.8. The molecule has 4 nitrogen and oxygen atoms in total. The first kappa shape index (κ1) is 17.1. The first-order chi connectivity index (χ1) is 10.2. The van der Waals surface area contributed by atoms with Crippen LogP contribution in [-0.4, -0.2) is 37.8 Å². The van der Waals surface area contributed by atoms with Gasteiger partial charge in [0.25, 0.3) is 0 Å². The van der Waals surface area contributed by atoms with E-state index in [0.29, 0.717) is 0 Å². The molecule has 0 N–H and O–H groups in total. The molecule has 0 aliphatic carbocycles. The minimum absolute atomic E-state index is 0.0944. The molecule has 0 radical (unpaired) electrons. The molecule has 1 aromatic rings. The van der Waals surface area contributed by atoms with Gasteiger partial charge in [-0.25, -0.2) is 8.42 Å². The standard InChI is InChI=1S/C13H13ClF3NO3S/c14-7-12(19)18(9-5-6-22(20,21)8-9)11-4-2-1-3-10(11)13(15,16)17/h1-4,9H,5-8H2/t9-/m1/s1. The highest BCUT2D eigenvalue weighted by Gasteiger charge is 2.40. The number of hydrogen-bond donors (Lipinski definition) is 0. The Bertz CT molecular complexity index is 675. The zero-order valence-electron chi connectivity index (χ0n) is 11.3. The van der Waals surface area contributed by atoms with Crippen LogP contribution in [0.25, 0.3) is 0 Å². The number of amides is 1. The maximum atomic E-state index is 13.1. The van der Waals surface area contributed by atoms with E-state index in [2.05, 4.69) is 0 Å². The monoisotopic (exact) mass is 355 g/mol. The van der Waals surface area contributed by atoms with E-state index in [4.69, 9.17) is 11.6 Å². The van der Waals surface area contributed by atoms with Gasteiger partial charge in [0.1, 0.15) is 5.88 Å². The van der Waals surface area contributed by atoms with Gasteiger partial charge in [-0.3, -0.25) is 4.79 Å². The molecule has 1 aromatic carbocycles. The molecule has 9 heteroatoms. The number of anilines is 1. The third-order valence-corrected chi connectivity index (χ3v) is 5.40. The van der Waals surface area contributed by atoms with Crippen molar-refractivity contribution in [3.8, 4) is 0 Å². The molecule has 0 saturated carbocycles. The highest BCUT2D eigenvalue weighted by Crippen LogP contribution is 2.38. The van der Waals surface area contributed by atoms with E-state index in [-0.39, 0.29) is 23.6 Å². The largest absolute Gasteiger partial charge is 0.418 e. The number of alkyl halides is 4. The first-order valence-electron chi connectivity index (χ1n) is 6.40. The number of halogens is 4. The van der Waals surface area contributed by atoms with Crippen molar-refractivity contribution in [2.24, 2.45) is 0 Å². The fourth-order valence-electron chi connectivity index (χ4n) is 2.50. The summed E-state index contributed by atoms with van der Waals surface area (Å²) in [6, 6.07) is 3.74. The van der Waals surface area contributed by atoms with Crippen LogP contribution < -0.4 is 4.90 Å². The van der Waals surface area contributed by atoms with Gasteiger partial charge in [0.15, 0.2) is 9.84 Å². The molecule has 1 aliphatic heterocycles. The number of benzene rings is 1. The highest BCUT2D eigenvalue weighted by atomic mass is 35.5. The molecule has 1 atom stereocenters. The number of rotatable bonds is 3. The fourth-order valence-corrected chi connectivity index (χ4v) is 4.33. The number of carbonyl (C=O) groups is 1. The van der Waals surface area contributed by atoms with Crippen molar-refractivity contribution in [1.29, 1.82) is 0 Å². The lowest BCUT2D eigenvalue weighted by atomic mass is 10.1. The number of hydrogen-bond acceptors (Lipinski definition) is 3. The summed E-state index contributed by atoms with van der Waals surface area (Å²) in [4.78, 5) is 12.9. The van der Waals surface area contributed by atoms with Gasteiger partial charge >= 0.3 is 6.18 Å². The summed E-state index contributed by atoms with van der Waals surface area (Å²) in [5, 5.41) is 0. The summed E-state index contributed by atoms with van der Waals surface area (Å²) < 4.78 is 62.5. The zero-order valence-corrected chi connectivity index (χ0v) is 12.9. The van der Waals surface area contributed by atoms with Crippen LogP contribution in [0.5, 0.6) is 0 Å². The molecule has 0 unspecified atom stereocenters. The summed E-state index contributed by atoms with van der Waals surface area (Å²) in [6.45, 7) is 0. The van der Waals surface area contributed by atoms with Crippen molar-refractivity contribution in [2.45, 2.75) is 18.6 Å². The SMILES string of the molecule is O=C(CCl)N(c1ccccc1C(F)(F)F)[C@@H]1CCS(=O)(=O)C1. The van der Waals surface area contributed by atoms with E-state index >= 15 is 0 Å². The number of carbonyl (C=O) groups excluding carboxylic acids is 1. The smallest absolute Gasteiger partial charge is 0.307 e. The maximum Gasteiger partial charge on any atom is 0.418 e. The molecule has 0 bridgehead atoms. The fraction of sp³-hybridized carbons (Fsp3) is 0.462. The third kappa shape index (κ3) is 3.55. The average molecular weight is 356 g/mol. The second-order valence-corrected chi connectivity index (χ2v) is 7.47. The van der Waals surface area contributed by atoms with Crippen LogP contribution in [-0.2, 0) is 20.8 Å². The average Bonchev–Trinajstić information content (AvgIpc) is 2.78. The summed E-state index contributed by atoms with van der Waals surface area (Å²) >= 11 is 5.49. The van der Waals surface area contributed by atoms with E-state index in [1.165, 1.54) is 12.1 Å². The summed E-state index contributed by atoms with van der Waals surface area (Å²) in [7, 11) is -3.36. The molecule has 0 spiro atoms. The van der Waals surface area contributed by atoms with Gasteiger partial charge in [0.2, 0.25) is 5.91 Å². The predicted molar refractivity (Wildman–Crippen MR) is 76.7 cm³/mol. The van der Waals surface area contributed by atoms with Crippen LogP contribution in [0.15, 0.2) is 24.3 Å². The van der Waals surface area contributed by atoms with Gasteiger partial charge < -0.3 is 4.90 Å². The van der Waals surface area contributed by atoms with Crippen molar-refractivity contribution in [2.75, 3.05) is 22.3 Å². The number of sulfone groups is 1. The van der Waals surface area contributed by atoms with Crippen LogP contribution in [0.2, 0.25) is 0 Å². The Labute approximate surface area is 130 Å². The van der Waals surface area contributed by atoms with E-state index < -0.39 is 39.4 Å². The Morgan fingerprint density at radius 1 is 1.32 bits per heavy atom. The molecule has 1 aliphatic rings. The van der Waals surface area contributed by atoms with Crippen molar-refractivity contribution >= 4 is 33.0 Å². The Kier molecular flexibility index (Phi) is 4.72.